The van der Waals surface area contributed by atoms with Crippen molar-refractivity contribution in [2.75, 3.05) is 11.1 Å². The summed E-state index contributed by atoms with van der Waals surface area (Å²) in [6.07, 6.45) is -2.88. The largest absolute Gasteiger partial charge is 0.399 e. The Hall–Kier alpha value is -2.31. The van der Waals surface area contributed by atoms with E-state index in [-0.39, 0.29) is 11.4 Å². The van der Waals surface area contributed by atoms with Crippen LogP contribution in [0, 0.1) is 17.5 Å². The average Bonchev–Trinajstić information content (AvgIpc) is 2.34. The van der Waals surface area contributed by atoms with Crippen LogP contribution in [0.5, 0.6) is 0 Å². The number of nitrogens with one attached hydrogen (secondary N) is 1. The number of hydrogen-bond donors (Lipinski definition) is 2. The van der Waals surface area contributed by atoms with Gasteiger partial charge in [0.25, 0.3) is 6.43 Å². The quantitative estimate of drug-likeness (QED) is 0.650. The van der Waals surface area contributed by atoms with Gasteiger partial charge in [0.2, 0.25) is 0 Å². The summed E-state index contributed by atoms with van der Waals surface area (Å²) >= 11 is 0. The number of nitrogen functional groups attached to an aromatic ring is 1. The Morgan fingerprint density at radius 2 is 1.55 bits per heavy atom. The molecule has 0 aliphatic carbocycles. The van der Waals surface area contributed by atoms with Crippen LogP contribution in [0.4, 0.5) is 39.0 Å². The lowest BCUT2D eigenvalue weighted by Gasteiger charge is -2.13. The van der Waals surface area contributed by atoms with Gasteiger partial charge in [-0.3, -0.25) is 0 Å². The predicted molar refractivity (Wildman–Crippen MR) is 65.4 cm³/mol. The first kappa shape index (κ1) is 14.1. The summed E-state index contributed by atoms with van der Waals surface area (Å²) in [5.41, 5.74) is 4.04. The highest BCUT2D eigenvalue weighted by Gasteiger charge is 2.17. The maximum Gasteiger partial charge on any atom is 0.265 e. The van der Waals surface area contributed by atoms with Crippen molar-refractivity contribution in [1.82, 2.24) is 0 Å². The Morgan fingerprint density at radius 3 is 2.10 bits per heavy atom. The van der Waals surface area contributed by atoms with Gasteiger partial charge in [0.05, 0.1) is 0 Å². The number of hydrogen-bond acceptors (Lipinski definition) is 2. The van der Waals surface area contributed by atoms with Crippen LogP contribution in [-0.2, 0) is 0 Å². The third-order valence-electron chi connectivity index (χ3n) is 2.58. The van der Waals surface area contributed by atoms with Gasteiger partial charge in [-0.1, -0.05) is 0 Å². The molecule has 2 nitrogen and oxygen atoms in total. The number of halogens is 5. The van der Waals surface area contributed by atoms with Crippen molar-refractivity contribution in [3.8, 4) is 0 Å². The molecule has 3 N–H and O–H groups in total. The van der Waals surface area contributed by atoms with Gasteiger partial charge in [0, 0.05) is 29.1 Å². The minimum Gasteiger partial charge on any atom is -0.399 e. The van der Waals surface area contributed by atoms with Crippen LogP contribution in [0.2, 0.25) is 0 Å². The van der Waals surface area contributed by atoms with Crippen LogP contribution < -0.4 is 11.1 Å². The fraction of sp³-hybridized carbons (Fsp3) is 0.0769. The van der Waals surface area contributed by atoms with Crippen LogP contribution in [0.15, 0.2) is 30.3 Å². The highest BCUT2D eigenvalue weighted by atomic mass is 19.3. The SMILES string of the molecule is Nc1ccc(Nc2c(F)cc(F)cc2F)c(C(F)F)c1. The van der Waals surface area contributed by atoms with Gasteiger partial charge in [0.15, 0.2) is 11.6 Å². The van der Waals surface area contributed by atoms with Crippen LogP contribution in [0.3, 0.4) is 0 Å². The molecule has 0 fully saturated rings. The van der Waals surface area contributed by atoms with E-state index in [2.05, 4.69) is 5.32 Å². The van der Waals surface area contributed by atoms with E-state index < -0.39 is 35.1 Å². The Bertz CT molecular complexity index is 620. The van der Waals surface area contributed by atoms with Gasteiger partial charge in [-0.05, 0) is 18.2 Å². The van der Waals surface area contributed by atoms with Crippen molar-refractivity contribution >= 4 is 17.1 Å². The average molecular weight is 288 g/mol. The molecule has 0 spiro atoms. The topological polar surface area (TPSA) is 38.0 Å². The Kier molecular flexibility index (Phi) is 3.78. The van der Waals surface area contributed by atoms with E-state index in [1.54, 1.807) is 0 Å². The molecule has 0 radical (unpaired) electrons. The lowest BCUT2D eigenvalue weighted by atomic mass is 10.1. The molecule has 2 aromatic rings. The zero-order valence-corrected chi connectivity index (χ0v) is 9.93. The standard InChI is InChI=1S/C13H9F5N2/c14-6-3-9(15)12(10(16)4-6)20-11-2-1-7(19)5-8(11)13(17)18/h1-5,13,20H,19H2. The van der Waals surface area contributed by atoms with E-state index in [0.29, 0.717) is 12.1 Å². The molecule has 0 saturated carbocycles. The lowest BCUT2D eigenvalue weighted by Crippen LogP contribution is -2.02. The van der Waals surface area contributed by atoms with Crippen molar-refractivity contribution in [1.29, 1.82) is 0 Å². The third kappa shape index (κ3) is 2.81. The molecule has 2 aromatic carbocycles. The van der Waals surface area contributed by atoms with E-state index in [4.69, 9.17) is 5.73 Å². The molecule has 0 saturated heterocycles. The number of nitrogens with two attached hydrogens (primary N) is 1. The molecule has 0 amide bonds. The summed E-state index contributed by atoms with van der Waals surface area (Å²) in [5, 5.41) is 2.19. The van der Waals surface area contributed by atoms with E-state index in [0.717, 1.165) is 6.07 Å². The second kappa shape index (κ2) is 5.36. The number of alkyl halides is 2. The third-order valence-corrected chi connectivity index (χ3v) is 2.58. The summed E-state index contributed by atoms with van der Waals surface area (Å²) in [7, 11) is 0. The number of rotatable bonds is 3. The summed E-state index contributed by atoms with van der Waals surface area (Å²) in [6.45, 7) is 0. The molecule has 0 aromatic heterocycles. The van der Waals surface area contributed by atoms with Gasteiger partial charge in [-0.25, -0.2) is 22.0 Å². The fourth-order valence-electron chi connectivity index (χ4n) is 1.67. The molecule has 0 atom stereocenters. The molecule has 0 heterocycles. The zero-order chi connectivity index (χ0) is 14.9. The summed E-state index contributed by atoms with van der Waals surface area (Å²) in [4.78, 5) is 0. The molecular formula is C13H9F5N2. The van der Waals surface area contributed by atoms with E-state index in [1.165, 1.54) is 12.1 Å². The monoisotopic (exact) mass is 288 g/mol. The maximum absolute atomic E-state index is 13.5. The van der Waals surface area contributed by atoms with Crippen LogP contribution in [-0.4, -0.2) is 0 Å². The number of benzene rings is 2. The minimum atomic E-state index is -2.88. The minimum absolute atomic E-state index is 0.0888. The maximum atomic E-state index is 13.5. The first-order valence-corrected chi connectivity index (χ1v) is 5.47. The van der Waals surface area contributed by atoms with Crippen LogP contribution in [0.1, 0.15) is 12.0 Å². The molecule has 20 heavy (non-hydrogen) atoms. The van der Waals surface area contributed by atoms with Crippen LogP contribution >= 0.6 is 0 Å². The molecule has 7 heteroatoms. The molecule has 0 unspecified atom stereocenters. The van der Waals surface area contributed by atoms with E-state index >= 15 is 0 Å². The highest BCUT2D eigenvalue weighted by Crippen LogP contribution is 2.32. The molecule has 0 aliphatic rings. The van der Waals surface area contributed by atoms with Crippen molar-refractivity contribution in [3.05, 3.63) is 53.3 Å². The second-order valence-electron chi connectivity index (χ2n) is 4.02. The highest BCUT2D eigenvalue weighted by molar-refractivity contribution is 5.67. The lowest BCUT2D eigenvalue weighted by molar-refractivity contribution is 0.152. The fourth-order valence-corrected chi connectivity index (χ4v) is 1.67. The van der Waals surface area contributed by atoms with Crippen molar-refractivity contribution in [3.63, 3.8) is 0 Å². The summed E-state index contributed by atoms with van der Waals surface area (Å²) in [5.74, 6) is -3.55. The van der Waals surface area contributed by atoms with Crippen molar-refractivity contribution in [2.24, 2.45) is 0 Å². The van der Waals surface area contributed by atoms with Gasteiger partial charge in [-0.2, -0.15) is 0 Å². The first-order chi connectivity index (χ1) is 9.38. The normalized spacial score (nSPS) is 10.9. The predicted octanol–water partition coefficient (Wildman–Crippen LogP) is 4.37. The van der Waals surface area contributed by atoms with Gasteiger partial charge in [-0.15, -0.1) is 0 Å². The van der Waals surface area contributed by atoms with Crippen molar-refractivity contribution in [2.45, 2.75) is 6.43 Å². The number of anilines is 3. The smallest absolute Gasteiger partial charge is 0.265 e. The van der Waals surface area contributed by atoms with E-state index in [9.17, 15) is 22.0 Å². The Labute approximate surface area is 111 Å². The molecular weight excluding hydrogens is 279 g/mol. The Morgan fingerprint density at radius 1 is 0.950 bits per heavy atom. The van der Waals surface area contributed by atoms with Gasteiger partial charge in [0.1, 0.15) is 11.5 Å². The first-order valence-electron chi connectivity index (χ1n) is 5.47. The zero-order valence-electron chi connectivity index (χ0n) is 9.93. The van der Waals surface area contributed by atoms with Crippen molar-refractivity contribution < 1.29 is 22.0 Å². The van der Waals surface area contributed by atoms with Gasteiger partial charge < -0.3 is 11.1 Å². The summed E-state index contributed by atoms with van der Waals surface area (Å²) < 4.78 is 65.3. The molecule has 106 valence electrons. The Balaban J connectivity index is 2.45. The molecule has 0 bridgehead atoms. The van der Waals surface area contributed by atoms with E-state index in [1.807, 2.05) is 0 Å². The van der Waals surface area contributed by atoms with Crippen LogP contribution in [0.25, 0.3) is 0 Å². The summed E-state index contributed by atoms with van der Waals surface area (Å²) in [6, 6.07) is 4.36. The molecule has 2 rings (SSSR count). The van der Waals surface area contributed by atoms with Gasteiger partial charge >= 0.3 is 0 Å². The second-order valence-corrected chi connectivity index (χ2v) is 4.02. The molecule has 0 aliphatic heterocycles.